The van der Waals surface area contributed by atoms with Crippen LogP contribution in [0.5, 0.6) is 0 Å². The summed E-state index contributed by atoms with van der Waals surface area (Å²) in [4.78, 5) is 12.8. The molecule has 1 rings (SSSR count). The van der Waals surface area contributed by atoms with Crippen molar-refractivity contribution in [3.8, 4) is 0 Å². The van der Waals surface area contributed by atoms with Gasteiger partial charge < -0.3 is 15.3 Å². The summed E-state index contributed by atoms with van der Waals surface area (Å²) >= 11 is 0. The Morgan fingerprint density at radius 1 is 1.12 bits per heavy atom. The molecular formula is C12H17NO4. The van der Waals surface area contributed by atoms with Crippen molar-refractivity contribution in [3.05, 3.63) is 35.4 Å². The van der Waals surface area contributed by atoms with Crippen LogP contribution in [0.15, 0.2) is 24.3 Å². The minimum atomic E-state index is -0.964. The molecule has 17 heavy (non-hydrogen) atoms. The molecule has 0 spiro atoms. The van der Waals surface area contributed by atoms with Crippen LogP contribution in [0.25, 0.3) is 0 Å². The summed E-state index contributed by atoms with van der Waals surface area (Å²) < 4.78 is 0. The van der Waals surface area contributed by atoms with Gasteiger partial charge in [0.1, 0.15) is 0 Å². The highest BCUT2D eigenvalue weighted by atomic mass is 16.4. The molecule has 5 nitrogen and oxygen atoms in total. The van der Waals surface area contributed by atoms with Crippen LogP contribution in [0.1, 0.15) is 15.9 Å². The highest BCUT2D eigenvalue weighted by Gasteiger charge is 2.12. The van der Waals surface area contributed by atoms with E-state index in [1.165, 1.54) is 0 Å². The Kier molecular flexibility index (Phi) is 5.62. The minimum Gasteiger partial charge on any atom is -0.478 e. The monoisotopic (exact) mass is 239 g/mol. The third-order valence-corrected chi connectivity index (χ3v) is 2.47. The van der Waals surface area contributed by atoms with E-state index in [-0.39, 0.29) is 18.8 Å². The predicted octanol–water partition coefficient (Wildman–Crippen LogP) is 0.171. The molecule has 0 aliphatic heterocycles. The van der Waals surface area contributed by atoms with Crippen molar-refractivity contribution < 1.29 is 20.1 Å². The first-order valence-electron chi connectivity index (χ1n) is 5.44. The van der Waals surface area contributed by atoms with Crippen molar-refractivity contribution in [3.63, 3.8) is 0 Å². The maximum atomic E-state index is 11.0. The molecule has 1 aromatic rings. The van der Waals surface area contributed by atoms with Crippen LogP contribution in [0.4, 0.5) is 0 Å². The lowest BCUT2D eigenvalue weighted by Gasteiger charge is -2.20. The number of carboxylic acids is 1. The highest BCUT2D eigenvalue weighted by Crippen LogP contribution is 2.11. The number of rotatable bonds is 7. The van der Waals surface area contributed by atoms with E-state index in [4.69, 9.17) is 15.3 Å². The second kappa shape index (κ2) is 7.01. The van der Waals surface area contributed by atoms with E-state index >= 15 is 0 Å². The minimum absolute atomic E-state index is 0.0186. The molecule has 1 aromatic carbocycles. The van der Waals surface area contributed by atoms with Crippen LogP contribution in [0.2, 0.25) is 0 Å². The van der Waals surface area contributed by atoms with Gasteiger partial charge in [0.15, 0.2) is 0 Å². The number of hydrogen-bond acceptors (Lipinski definition) is 4. The molecule has 0 aliphatic rings. The summed E-state index contributed by atoms with van der Waals surface area (Å²) in [5.41, 5.74) is 0.940. The molecule has 0 amide bonds. The van der Waals surface area contributed by atoms with E-state index < -0.39 is 5.97 Å². The van der Waals surface area contributed by atoms with E-state index in [1.807, 2.05) is 4.90 Å². The average molecular weight is 239 g/mol. The van der Waals surface area contributed by atoms with Crippen LogP contribution in [-0.2, 0) is 6.54 Å². The van der Waals surface area contributed by atoms with Gasteiger partial charge in [-0.05, 0) is 11.6 Å². The third kappa shape index (κ3) is 4.14. The van der Waals surface area contributed by atoms with Crippen LogP contribution >= 0.6 is 0 Å². The Balaban J connectivity index is 2.80. The summed E-state index contributed by atoms with van der Waals surface area (Å²) in [7, 11) is 0. The average Bonchev–Trinajstić information content (AvgIpc) is 2.30. The molecule has 5 heteroatoms. The normalized spacial score (nSPS) is 10.8. The lowest BCUT2D eigenvalue weighted by atomic mass is 10.1. The molecule has 94 valence electrons. The lowest BCUT2D eigenvalue weighted by molar-refractivity contribution is 0.0694. The van der Waals surface area contributed by atoms with Crippen molar-refractivity contribution in [1.29, 1.82) is 0 Å². The second-order valence-corrected chi connectivity index (χ2v) is 3.69. The van der Waals surface area contributed by atoms with Crippen molar-refractivity contribution in [1.82, 2.24) is 4.90 Å². The lowest BCUT2D eigenvalue weighted by Crippen LogP contribution is -2.30. The fraction of sp³-hybridized carbons (Fsp3) is 0.417. The van der Waals surface area contributed by atoms with E-state index in [1.54, 1.807) is 24.3 Å². The molecule has 0 heterocycles. The van der Waals surface area contributed by atoms with E-state index in [9.17, 15) is 4.79 Å². The first-order valence-corrected chi connectivity index (χ1v) is 5.44. The molecule has 0 fully saturated rings. The quantitative estimate of drug-likeness (QED) is 0.632. The van der Waals surface area contributed by atoms with Crippen LogP contribution in [-0.4, -0.2) is 52.5 Å². The van der Waals surface area contributed by atoms with Gasteiger partial charge in [0.05, 0.1) is 18.8 Å². The number of aliphatic hydroxyl groups excluding tert-OH is 2. The molecule has 0 radical (unpaired) electrons. The summed E-state index contributed by atoms with van der Waals surface area (Å²) in [6, 6.07) is 6.74. The Morgan fingerprint density at radius 2 is 1.71 bits per heavy atom. The fourth-order valence-electron chi connectivity index (χ4n) is 1.66. The first kappa shape index (κ1) is 13.6. The zero-order valence-corrected chi connectivity index (χ0v) is 9.54. The molecule has 0 saturated carbocycles. The number of carbonyl (C=O) groups is 1. The Bertz CT molecular complexity index is 361. The van der Waals surface area contributed by atoms with Gasteiger partial charge in [-0.2, -0.15) is 0 Å². The van der Waals surface area contributed by atoms with Gasteiger partial charge in [-0.25, -0.2) is 4.79 Å². The maximum Gasteiger partial charge on any atom is 0.336 e. The highest BCUT2D eigenvalue weighted by molar-refractivity contribution is 5.89. The van der Waals surface area contributed by atoms with Crippen molar-refractivity contribution >= 4 is 5.97 Å². The standard InChI is InChI=1S/C12H17NO4/c14-7-5-13(6-8-15)9-10-3-1-2-4-11(10)12(16)17/h1-4,14-15H,5-9H2,(H,16,17). The topological polar surface area (TPSA) is 81.0 Å². The largest absolute Gasteiger partial charge is 0.478 e. The summed E-state index contributed by atoms with van der Waals surface area (Å²) in [5, 5.41) is 26.8. The molecule has 0 bridgehead atoms. The van der Waals surface area contributed by atoms with Gasteiger partial charge in [-0.3, -0.25) is 4.90 Å². The predicted molar refractivity (Wildman–Crippen MR) is 62.8 cm³/mol. The second-order valence-electron chi connectivity index (χ2n) is 3.69. The van der Waals surface area contributed by atoms with E-state index in [0.717, 1.165) is 0 Å². The van der Waals surface area contributed by atoms with E-state index in [0.29, 0.717) is 25.2 Å². The number of benzene rings is 1. The van der Waals surface area contributed by atoms with E-state index in [2.05, 4.69) is 0 Å². The van der Waals surface area contributed by atoms with Crippen LogP contribution < -0.4 is 0 Å². The Hall–Kier alpha value is -1.43. The molecule has 0 unspecified atom stereocenters. The van der Waals surface area contributed by atoms with Gasteiger partial charge >= 0.3 is 5.97 Å². The van der Waals surface area contributed by atoms with Gasteiger partial charge in [0.25, 0.3) is 0 Å². The van der Waals surface area contributed by atoms with Crippen LogP contribution in [0, 0.1) is 0 Å². The van der Waals surface area contributed by atoms with Gasteiger partial charge in [0.2, 0.25) is 0 Å². The SMILES string of the molecule is O=C(O)c1ccccc1CN(CCO)CCO. The summed E-state index contributed by atoms with van der Waals surface area (Å²) in [6.07, 6.45) is 0. The maximum absolute atomic E-state index is 11.0. The molecule has 0 saturated heterocycles. The van der Waals surface area contributed by atoms with Crippen molar-refractivity contribution in [2.75, 3.05) is 26.3 Å². The molecule has 0 atom stereocenters. The van der Waals surface area contributed by atoms with Gasteiger partial charge in [-0.15, -0.1) is 0 Å². The zero-order chi connectivity index (χ0) is 12.7. The Labute approximate surface area is 99.9 Å². The van der Waals surface area contributed by atoms with Crippen molar-refractivity contribution in [2.45, 2.75) is 6.54 Å². The van der Waals surface area contributed by atoms with Gasteiger partial charge in [-0.1, -0.05) is 18.2 Å². The van der Waals surface area contributed by atoms with Gasteiger partial charge in [0, 0.05) is 19.6 Å². The number of aliphatic hydroxyl groups is 2. The number of nitrogens with zero attached hydrogens (tertiary/aromatic N) is 1. The van der Waals surface area contributed by atoms with Crippen LogP contribution in [0.3, 0.4) is 0 Å². The molecular weight excluding hydrogens is 222 g/mol. The number of aromatic carboxylic acids is 1. The Morgan fingerprint density at radius 3 is 2.24 bits per heavy atom. The molecule has 0 aromatic heterocycles. The smallest absolute Gasteiger partial charge is 0.336 e. The van der Waals surface area contributed by atoms with Crippen molar-refractivity contribution in [2.24, 2.45) is 0 Å². The zero-order valence-electron chi connectivity index (χ0n) is 9.54. The fourth-order valence-corrected chi connectivity index (χ4v) is 1.66. The molecule has 3 N–H and O–H groups in total. The summed E-state index contributed by atoms with van der Waals surface area (Å²) in [6.45, 7) is 1.19. The number of hydrogen-bond donors (Lipinski definition) is 3. The first-order chi connectivity index (χ1) is 8.19. The number of carboxylic acid groups (broad SMARTS) is 1. The molecule has 0 aliphatic carbocycles. The summed E-state index contributed by atoms with van der Waals surface area (Å²) in [5.74, 6) is -0.964. The third-order valence-electron chi connectivity index (χ3n) is 2.47.